The molecule has 0 aliphatic carbocycles. The molecule has 126 valence electrons. The first-order valence-corrected chi connectivity index (χ1v) is 9.29. The minimum Gasteiger partial charge on any atom is -0.353 e. The van der Waals surface area contributed by atoms with E-state index in [2.05, 4.69) is 44.7 Å². The second-order valence-corrected chi connectivity index (χ2v) is 7.75. The molecule has 3 heterocycles. The van der Waals surface area contributed by atoms with E-state index < -0.39 is 10.0 Å². The van der Waals surface area contributed by atoms with Crippen LogP contribution >= 0.6 is 0 Å². The fraction of sp³-hybridized carbons (Fsp3) is 0.533. The Balaban J connectivity index is 1.59. The lowest BCUT2D eigenvalue weighted by Gasteiger charge is -2.25. The fourth-order valence-corrected chi connectivity index (χ4v) is 4.20. The van der Waals surface area contributed by atoms with E-state index in [4.69, 9.17) is 0 Å². The van der Waals surface area contributed by atoms with E-state index in [1.807, 2.05) is 0 Å². The second-order valence-electron chi connectivity index (χ2n) is 5.99. The Morgan fingerprint density at radius 1 is 1.39 bits per heavy atom. The number of rotatable bonds is 6. The van der Waals surface area contributed by atoms with Crippen molar-refractivity contribution in [3.63, 3.8) is 0 Å². The molecule has 2 aromatic rings. The molecular weight excluding hydrogens is 314 g/mol. The van der Waals surface area contributed by atoms with E-state index in [0.717, 1.165) is 19.4 Å². The van der Waals surface area contributed by atoms with Crippen molar-refractivity contribution < 1.29 is 8.42 Å². The summed E-state index contributed by atoms with van der Waals surface area (Å²) in [6, 6.07) is 4.57. The number of aryl methyl sites for hydroxylation is 2. The molecule has 1 aliphatic rings. The fourth-order valence-electron chi connectivity index (χ4n) is 3.19. The monoisotopic (exact) mass is 337 g/mol. The van der Waals surface area contributed by atoms with Crippen molar-refractivity contribution in [1.82, 2.24) is 24.0 Å². The molecule has 1 fully saturated rings. The highest BCUT2D eigenvalue weighted by Gasteiger charge is 2.27. The number of nitrogens with one attached hydrogen (secondary N) is 1. The Morgan fingerprint density at radius 2 is 2.22 bits per heavy atom. The summed E-state index contributed by atoms with van der Waals surface area (Å²) in [5.41, 5.74) is 1.29. The number of sulfonamides is 1. The second kappa shape index (κ2) is 6.46. The molecule has 23 heavy (non-hydrogen) atoms. The Labute approximate surface area is 136 Å². The van der Waals surface area contributed by atoms with Crippen LogP contribution in [0.25, 0.3) is 0 Å². The molecule has 0 spiro atoms. The molecule has 2 aromatic heterocycles. The van der Waals surface area contributed by atoms with E-state index in [1.165, 1.54) is 22.8 Å². The Bertz CT molecular complexity index is 764. The van der Waals surface area contributed by atoms with Crippen LogP contribution in [0.15, 0.2) is 35.6 Å². The lowest BCUT2D eigenvalue weighted by molar-refractivity contribution is 0.254. The predicted molar refractivity (Wildman–Crippen MR) is 87.4 cm³/mol. The van der Waals surface area contributed by atoms with Gasteiger partial charge in [0.2, 0.25) is 10.0 Å². The van der Waals surface area contributed by atoms with Gasteiger partial charge < -0.3 is 4.57 Å². The standard InChI is InChI=1S/C15H23N5O2S/c1-18-8-3-5-14(18)15-6-4-9-20(15)10-7-17-23(21,22)13-11-16-19(2)12-13/h3,5,8,11-12,15,17H,4,6-7,9-10H2,1-2H3/t15-/m1/s1. The third kappa shape index (κ3) is 3.49. The maximum Gasteiger partial charge on any atom is 0.243 e. The topological polar surface area (TPSA) is 72.2 Å². The third-order valence-electron chi connectivity index (χ3n) is 4.37. The van der Waals surface area contributed by atoms with Crippen LogP contribution in [0.2, 0.25) is 0 Å². The van der Waals surface area contributed by atoms with Gasteiger partial charge in [-0.2, -0.15) is 5.10 Å². The third-order valence-corrected chi connectivity index (χ3v) is 5.79. The molecule has 0 radical (unpaired) electrons. The number of hydrogen-bond acceptors (Lipinski definition) is 4. The summed E-state index contributed by atoms with van der Waals surface area (Å²) >= 11 is 0. The van der Waals surface area contributed by atoms with Gasteiger partial charge in [-0.1, -0.05) is 0 Å². The van der Waals surface area contributed by atoms with E-state index in [1.54, 1.807) is 7.05 Å². The lowest BCUT2D eigenvalue weighted by atomic mass is 10.1. The zero-order valence-corrected chi connectivity index (χ0v) is 14.3. The maximum atomic E-state index is 12.2. The van der Waals surface area contributed by atoms with Crippen LogP contribution in [-0.4, -0.2) is 47.3 Å². The van der Waals surface area contributed by atoms with Crippen molar-refractivity contribution in [2.24, 2.45) is 14.1 Å². The number of nitrogens with zero attached hydrogens (tertiary/aromatic N) is 4. The van der Waals surface area contributed by atoms with Gasteiger partial charge in [0.05, 0.1) is 12.2 Å². The van der Waals surface area contributed by atoms with Gasteiger partial charge in [0.1, 0.15) is 4.90 Å². The summed E-state index contributed by atoms with van der Waals surface area (Å²) in [5.74, 6) is 0. The molecule has 0 unspecified atom stereocenters. The first-order valence-electron chi connectivity index (χ1n) is 7.81. The van der Waals surface area contributed by atoms with E-state index >= 15 is 0 Å². The average molecular weight is 337 g/mol. The molecule has 3 rings (SSSR count). The van der Waals surface area contributed by atoms with Gasteiger partial charge in [0.15, 0.2) is 0 Å². The Hall–Kier alpha value is -1.64. The summed E-state index contributed by atoms with van der Waals surface area (Å²) in [6.45, 7) is 2.11. The molecule has 7 nitrogen and oxygen atoms in total. The largest absolute Gasteiger partial charge is 0.353 e. The molecule has 0 aromatic carbocycles. The van der Waals surface area contributed by atoms with E-state index in [-0.39, 0.29) is 4.90 Å². The molecule has 8 heteroatoms. The highest BCUT2D eigenvalue weighted by atomic mass is 32.2. The van der Waals surface area contributed by atoms with Crippen molar-refractivity contribution in [3.05, 3.63) is 36.4 Å². The van der Waals surface area contributed by atoms with Crippen LogP contribution in [0.3, 0.4) is 0 Å². The lowest BCUT2D eigenvalue weighted by Crippen LogP contribution is -2.35. The van der Waals surface area contributed by atoms with Gasteiger partial charge in [-0.05, 0) is 31.5 Å². The van der Waals surface area contributed by atoms with Crippen molar-refractivity contribution in [2.75, 3.05) is 19.6 Å². The Morgan fingerprint density at radius 3 is 2.87 bits per heavy atom. The van der Waals surface area contributed by atoms with Crippen LogP contribution in [0.4, 0.5) is 0 Å². The van der Waals surface area contributed by atoms with Crippen molar-refractivity contribution >= 4 is 10.0 Å². The summed E-state index contributed by atoms with van der Waals surface area (Å²) < 4.78 is 30.7. The molecule has 1 aliphatic heterocycles. The van der Waals surface area contributed by atoms with Gasteiger partial charge in [-0.25, -0.2) is 13.1 Å². The molecule has 1 atom stereocenters. The molecule has 0 bridgehead atoms. The first kappa shape index (κ1) is 16.2. The van der Waals surface area contributed by atoms with Crippen LogP contribution in [0, 0.1) is 0 Å². The minimum atomic E-state index is -3.48. The van der Waals surface area contributed by atoms with Gasteiger partial charge in [-0.3, -0.25) is 9.58 Å². The van der Waals surface area contributed by atoms with Gasteiger partial charge >= 0.3 is 0 Å². The maximum absolute atomic E-state index is 12.2. The first-order chi connectivity index (χ1) is 11.0. The predicted octanol–water partition coefficient (Wildman–Crippen LogP) is 0.874. The zero-order chi connectivity index (χ0) is 16.4. The van der Waals surface area contributed by atoms with E-state index in [0.29, 0.717) is 19.1 Å². The SMILES string of the molecule is Cn1cc(S(=O)(=O)NCCN2CCC[C@@H]2c2cccn2C)cn1. The highest BCUT2D eigenvalue weighted by Crippen LogP contribution is 2.31. The smallest absolute Gasteiger partial charge is 0.243 e. The molecule has 1 N–H and O–H groups in total. The summed E-state index contributed by atoms with van der Waals surface area (Å²) in [7, 11) is 0.279. The van der Waals surface area contributed by atoms with Crippen LogP contribution in [0.1, 0.15) is 24.6 Å². The van der Waals surface area contributed by atoms with Gasteiger partial charge in [0, 0.05) is 45.3 Å². The number of likely N-dealkylation sites (tertiary alicyclic amines) is 1. The summed E-state index contributed by atoms with van der Waals surface area (Å²) in [4.78, 5) is 2.56. The van der Waals surface area contributed by atoms with Crippen molar-refractivity contribution in [3.8, 4) is 0 Å². The molecular formula is C15H23N5O2S. The van der Waals surface area contributed by atoms with Crippen molar-refractivity contribution in [2.45, 2.75) is 23.8 Å². The van der Waals surface area contributed by atoms with Crippen LogP contribution in [0.5, 0.6) is 0 Å². The Kier molecular flexibility index (Phi) is 4.56. The summed E-state index contributed by atoms with van der Waals surface area (Å²) in [6.07, 6.45) is 7.19. The van der Waals surface area contributed by atoms with Gasteiger partial charge in [-0.15, -0.1) is 0 Å². The quantitative estimate of drug-likeness (QED) is 0.849. The molecule has 1 saturated heterocycles. The molecule has 0 saturated carbocycles. The van der Waals surface area contributed by atoms with E-state index in [9.17, 15) is 8.42 Å². The van der Waals surface area contributed by atoms with Crippen molar-refractivity contribution in [1.29, 1.82) is 0 Å². The number of aromatic nitrogens is 3. The normalized spacial score (nSPS) is 19.5. The van der Waals surface area contributed by atoms with Crippen LogP contribution in [-0.2, 0) is 24.1 Å². The molecule has 0 amide bonds. The average Bonchev–Trinajstić information content (AvgIpc) is 3.20. The van der Waals surface area contributed by atoms with Gasteiger partial charge in [0.25, 0.3) is 0 Å². The van der Waals surface area contributed by atoms with Crippen LogP contribution < -0.4 is 4.72 Å². The highest BCUT2D eigenvalue weighted by molar-refractivity contribution is 7.89. The summed E-state index contributed by atoms with van der Waals surface area (Å²) in [5, 5.41) is 3.91. The zero-order valence-electron chi connectivity index (χ0n) is 13.5. The minimum absolute atomic E-state index is 0.209. The number of hydrogen-bond donors (Lipinski definition) is 1.